The maximum Gasteiger partial charge on any atom is 0.329 e. The number of amides is 1. The van der Waals surface area contributed by atoms with Crippen LogP contribution >= 0.6 is 0 Å². The highest BCUT2D eigenvalue weighted by Crippen LogP contribution is 2.15. The van der Waals surface area contributed by atoms with Gasteiger partial charge in [-0.25, -0.2) is 4.79 Å². The standard InChI is InChI=1S/C13H26N2O3/c1-6-13(7-2,11(17)18)15-10(16)8-9-14-12(3,4)5/h14H,6-9H2,1-5H3,(H,15,16)(H,17,18). The number of hydrogen-bond acceptors (Lipinski definition) is 3. The number of hydrogen-bond donors (Lipinski definition) is 3. The maximum absolute atomic E-state index is 11.8. The molecular weight excluding hydrogens is 232 g/mol. The summed E-state index contributed by atoms with van der Waals surface area (Å²) in [5.41, 5.74) is -1.17. The van der Waals surface area contributed by atoms with Crippen LogP contribution in [0.3, 0.4) is 0 Å². The average Bonchev–Trinajstić information content (AvgIpc) is 2.23. The Labute approximate surface area is 109 Å². The lowest BCUT2D eigenvalue weighted by molar-refractivity contribution is -0.148. The van der Waals surface area contributed by atoms with Gasteiger partial charge in [-0.3, -0.25) is 4.79 Å². The van der Waals surface area contributed by atoms with E-state index < -0.39 is 11.5 Å². The Balaban J connectivity index is 4.33. The molecule has 0 atom stereocenters. The number of nitrogens with one attached hydrogen (secondary N) is 2. The third-order valence-corrected chi connectivity index (χ3v) is 3.00. The van der Waals surface area contributed by atoms with E-state index in [1.54, 1.807) is 13.8 Å². The molecule has 0 rings (SSSR count). The van der Waals surface area contributed by atoms with Gasteiger partial charge in [-0.05, 0) is 33.6 Å². The van der Waals surface area contributed by atoms with E-state index in [9.17, 15) is 14.7 Å². The molecule has 5 nitrogen and oxygen atoms in total. The van der Waals surface area contributed by atoms with E-state index >= 15 is 0 Å². The van der Waals surface area contributed by atoms with Crippen molar-refractivity contribution < 1.29 is 14.7 Å². The van der Waals surface area contributed by atoms with Crippen molar-refractivity contribution >= 4 is 11.9 Å². The fourth-order valence-electron chi connectivity index (χ4n) is 1.66. The van der Waals surface area contributed by atoms with Crippen LogP contribution in [0.5, 0.6) is 0 Å². The summed E-state index contributed by atoms with van der Waals surface area (Å²) in [7, 11) is 0. The van der Waals surface area contributed by atoms with Gasteiger partial charge in [0.05, 0.1) is 0 Å². The van der Waals surface area contributed by atoms with Crippen molar-refractivity contribution in [1.29, 1.82) is 0 Å². The van der Waals surface area contributed by atoms with Crippen LogP contribution in [0.4, 0.5) is 0 Å². The van der Waals surface area contributed by atoms with E-state index in [1.807, 2.05) is 20.8 Å². The number of carbonyl (C=O) groups is 2. The molecule has 0 fully saturated rings. The fraction of sp³-hybridized carbons (Fsp3) is 0.846. The Morgan fingerprint density at radius 1 is 1.11 bits per heavy atom. The molecule has 0 aromatic heterocycles. The highest BCUT2D eigenvalue weighted by molar-refractivity contribution is 5.87. The minimum atomic E-state index is -1.13. The zero-order valence-corrected chi connectivity index (χ0v) is 12.1. The molecule has 1 amide bonds. The van der Waals surface area contributed by atoms with Crippen LogP contribution in [0.2, 0.25) is 0 Å². The quantitative estimate of drug-likeness (QED) is 0.647. The first-order valence-electron chi connectivity index (χ1n) is 6.46. The topological polar surface area (TPSA) is 78.4 Å². The molecule has 0 aliphatic heterocycles. The Morgan fingerprint density at radius 3 is 1.94 bits per heavy atom. The van der Waals surface area contributed by atoms with Crippen molar-refractivity contribution in [3.8, 4) is 0 Å². The van der Waals surface area contributed by atoms with Gasteiger partial charge in [-0.2, -0.15) is 0 Å². The average molecular weight is 258 g/mol. The van der Waals surface area contributed by atoms with Gasteiger partial charge in [0.2, 0.25) is 5.91 Å². The summed E-state index contributed by atoms with van der Waals surface area (Å²) in [6, 6.07) is 0. The fourth-order valence-corrected chi connectivity index (χ4v) is 1.66. The molecule has 0 aromatic rings. The van der Waals surface area contributed by atoms with E-state index in [0.717, 1.165) is 0 Å². The van der Waals surface area contributed by atoms with Crippen molar-refractivity contribution in [2.75, 3.05) is 6.54 Å². The zero-order valence-electron chi connectivity index (χ0n) is 12.1. The SMILES string of the molecule is CCC(CC)(NC(=O)CCNC(C)(C)C)C(=O)O. The molecule has 3 N–H and O–H groups in total. The van der Waals surface area contributed by atoms with Gasteiger partial charge < -0.3 is 15.7 Å². The summed E-state index contributed by atoms with van der Waals surface area (Å²) in [5.74, 6) is -1.19. The second-order valence-corrected chi connectivity index (χ2v) is 5.57. The second kappa shape index (κ2) is 6.73. The summed E-state index contributed by atoms with van der Waals surface area (Å²) < 4.78 is 0. The van der Waals surface area contributed by atoms with Crippen molar-refractivity contribution in [3.05, 3.63) is 0 Å². The van der Waals surface area contributed by atoms with Gasteiger partial charge in [0.25, 0.3) is 0 Å². The Kier molecular flexibility index (Phi) is 6.32. The van der Waals surface area contributed by atoms with Crippen molar-refractivity contribution in [2.24, 2.45) is 0 Å². The van der Waals surface area contributed by atoms with Crippen LogP contribution in [-0.4, -0.2) is 34.6 Å². The third-order valence-electron chi connectivity index (χ3n) is 3.00. The van der Waals surface area contributed by atoms with Gasteiger partial charge in [0, 0.05) is 18.5 Å². The van der Waals surface area contributed by atoms with Gasteiger partial charge in [0.15, 0.2) is 0 Å². The van der Waals surface area contributed by atoms with Crippen LogP contribution in [0.1, 0.15) is 53.9 Å². The third kappa shape index (κ3) is 5.49. The van der Waals surface area contributed by atoms with Crippen LogP contribution in [-0.2, 0) is 9.59 Å². The number of rotatable bonds is 7. The predicted molar refractivity (Wildman–Crippen MR) is 71.5 cm³/mol. The van der Waals surface area contributed by atoms with Crippen LogP contribution < -0.4 is 10.6 Å². The Morgan fingerprint density at radius 2 is 1.61 bits per heavy atom. The Hall–Kier alpha value is -1.10. The molecule has 5 heteroatoms. The summed E-state index contributed by atoms with van der Waals surface area (Å²) in [6.07, 6.45) is 1.06. The molecule has 0 radical (unpaired) electrons. The lowest BCUT2D eigenvalue weighted by Gasteiger charge is -2.28. The summed E-state index contributed by atoms with van der Waals surface area (Å²) in [6.45, 7) is 10.1. The first kappa shape index (κ1) is 16.9. The first-order valence-corrected chi connectivity index (χ1v) is 6.46. The minimum Gasteiger partial charge on any atom is -0.480 e. The number of carboxylic acid groups (broad SMARTS) is 1. The zero-order chi connectivity index (χ0) is 14.4. The van der Waals surface area contributed by atoms with Gasteiger partial charge in [-0.15, -0.1) is 0 Å². The first-order chi connectivity index (χ1) is 8.17. The molecule has 0 unspecified atom stereocenters. The molecule has 0 aliphatic rings. The minimum absolute atomic E-state index is 0.0420. The molecule has 0 aromatic carbocycles. The smallest absolute Gasteiger partial charge is 0.329 e. The van der Waals surface area contributed by atoms with Crippen molar-refractivity contribution in [3.63, 3.8) is 0 Å². The molecule has 0 spiro atoms. The van der Waals surface area contributed by atoms with Gasteiger partial charge in [-0.1, -0.05) is 13.8 Å². The lowest BCUT2D eigenvalue weighted by Crippen LogP contribution is -2.54. The molecule has 0 heterocycles. The predicted octanol–water partition coefficient (Wildman–Crippen LogP) is 1.52. The molecule has 0 saturated carbocycles. The maximum atomic E-state index is 11.8. The van der Waals surface area contributed by atoms with Crippen LogP contribution in [0, 0.1) is 0 Å². The molecule has 0 aliphatic carbocycles. The molecular formula is C13H26N2O3. The molecule has 0 saturated heterocycles. The number of carbonyl (C=O) groups excluding carboxylic acids is 1. The lowest BCUT2D eigenvalue weighted by atomic mass is 9.93. The van der Waals surface area contributed by atoms with E-state index in [2.05, 4.69) is 10.6 Å². The monoisotopic (exact) mass is 258 g/mol. The Bertz CT molecular complexity index is 291. The number of aliphatic carboxylic acids is 1. The van der Waals surface area contributed by atoms with E-state index in [1.165, 1.54) is 0 Å². The number of carboxylic acids is 1. The summed E-state index contributed by atoms with van der Waals surface area (Å²) >= 11 is 0. The van der Waals surface area contributed by atoms with Crippen molar-refractivity contribution in [2.45, 2.75) is 65.0 Å². The highest BCUT2D eigenvalue weighted by Gasteiger charge is 2.36. The second-order valence-electron chi connectivity index (χ2n) is 5.57. The van der Waals surface area contributed by atoms with Crippen LogP contribution in [0.25, 0.3) is 0 Å². The normalized spacial score (nSPS) is 12.3. The van der Waals surface area contributed by atoms with E-state index in [-0.39, 0.29) is 17.9 Å². The van der Waals surface area contributed by atoms with E-state index in [4.69, 9.17) is 0 Å². The van der Waals surface area contributed by atoms with E-state index in [0.29, 0.717) is 19.4 Å². The van der Waals surface area contributed by atoms with Crippen molar-refractivity contribution in [1.82, 2.24) is 10.6 Å². The molecule has 0 bridgehead atoms. The summed E-state index contributed by atoms with van der Waals surface area (Å²) in [4.78, 5) is 23.0. The molecule has 106 valence electrons. The summed E-state index contributed by atoms with van der Waals surface area (Å²) in [5, 5.41) is 15.0. The highest BCUT2D eigenvalue weighted by atomic mass is 16.4. The van der Waals surface area contributed by atoms with Gasteiger partial charge in [0.1, 0.15) is 5.54 Å². The van der Waals surface area contributed by atoms with Gasteiger partial charge >= 0.3 is 5.97 Å². The molecule has 18 heavy (non-hydrogen) atoms. The largest absolute Gasteiger partial charge is 0.480 e. The van der Waals surface area contributed by atoms with Crippen LogP contribution in [0.15, 0.2) is 0 Å².